The monoisotopic (exact) mass is 761 g/mol. The molecule has 0 radical (unpaired) electrons. The quantitative estimate of drug-likeness (QED) is 0.173. The molecule has 1 heteroatoms. The van der Waals surface area contributed by atoms with Gasteiger partial charge in [-0.1, -0.05) is 137 Å². The highest BCUT2D eigenvalue weighted by molar-refractivity contribution is 5.92. The van der Waals surface area contributed by atoms with E-state index < -0.39 is 0 Å². The van der Waals surface area contributed by atoms with Gasteiger partial charge in [-0.25, -0.2) is 0 Å². The molecular formula is C58H51N. The van der Waals surface area contributed by atoms with Gasteiger partial charge in [-0.15, -0.1) is 0 Å². The summed E-state index contributed by atoms with van der Waals surface area (Å²) in [5, 5.41) is 0. The van der Waals surface area contributed by atoms with Crippen LogP contribution >= 0.6 is 0 Å². The summed E-state index contributed by atoms with van der Waals surface area (Å²) in [6.45, 7) is 9.62. The van der Waals surface area contributed by atoms with Crippen molar-refractivity contribution in [1.82, 2.24) is 0 Å². The smallest absolute Gasteiger partial charge is 0.0468 e. The summed E-state index contributed by atoms with van der Waals surface area (Å²) in [4.78, 5) is 2.58. The standard InChI is InChI=1S/C58H51N/c1-56(2)50-16-10-8-14-44(50)46-22-19-42(33-54(46)56)59(43-20-23-47-45-15-9-11-17-51(45)57(3,4)55(47)34-43)41-21-25-53-49(32-41)48-31-38(37-12-6-5-7-13-37)18-24-52(48)58(53)39-27-35-26-36(29-39)30-40(58)28-35/h5-25,31-36,39-40H,26-30H2,1-4H3. The van der Waals surface area contributed by atoms with E-state index in [2.05, 4.69) is 184 Å². The highest BCUT2D eigenvalue weighted by atomic mass is 15.1. The Bertz CT molecular complexity index is 2770. The van der Waals surface area contributed by atoms with Gasteiger partial charge in [0.2, 0.25) is 0 Å². The Balaban J connectivity index is 1.03. The Kier molecular flexibility index (Phi) is 6.82. The van der Waals surface area contributed by atoms with Crippen LogP contribution in [0.5, 0.6) is 0 Å². The lowest BCUT2D eigenvalue weighted by Crippen LogP contribution is -2.55. The summed E-state index contributed by atoms with van der Waals surface area (Å²) in [6, 6.07) is 58.9. The molecule has 0 amide bonds. The van der Waals surface area contributed by atoms with Gasteiger partial charge in [0, 0.05) is 33.3 Å². The largest absolute Gasteiger partial charge is 0.310 e. The van der Waals surface area contributed by atoms with Crippen molar-refractivity contribution in [2.24, 2.45) is 23.7 Å². The fraction of sp³-hybridized carbons (Fsp3) is 0.276. The van der Waals surface area contributed by atoms with E-state index >= 15 is 0 Å². The molecule has 0 aromatic heterocycles. The number of nitrogens with zero attached hydrogens (tertiary/aromatic N) is 1. The Morgan fingerprint density at radius 3 is 1.39 bits per heavy atom. The average Bonchev–Trinajstić information content (AvgIpc) is 3.77. The summed E-state index contributed by atoms with van der Waals surface area (Å²) < 4.78 is 0. The lowest BCUT2D eigenvalue weighted by atomic mass is 9.43. The molecule has 7 aromatic carbocycles. The number of anilines is 3. The van der Waals surface area contributed by atoms with Crippen LogP contribution in [0.3, 0.4) is 0 Å². The van der Waals surface area contributed by atoms with Crippen LogP contribution in [-0.4, -0.2) is 0 Å². The predicted molar refractivity (Wildman–Crippen MR) is 245 cm³/mol. The van der Waals surface area contributed by atoms with Gasteiger partial charge < -0.3 is 4.90 Å². The van der Waals surface area contributed by atoms with Crippen molar-refractivity contribution in [3.63, 3.8) is 0 Å². The molecule has 288 valence electrons. The fourth-order valence-corrected chi connectivity index (χ4v) is 14.3. The molecule has 14 rings (SSSR count). The number of rotatable bonds is 4. The third-order valence-electron chi connectivity index (χ3n) is 16.6. The minimum Gasteiger partial charge on any atom is -0.310 e. The Morgan fingerprint density at radius 1 is 0.356 bits per heavy atom. The van der Waals surface area contributed by atoms with Crippen LogP contribution in [0.1, 0.15) is 93.2 Å². The maximum Gasteiger partial charge on any atom is 0.0468 e. The van der Waals surface area contributed by atoms with Gasteiger partial charge in [0.1, 0.15) is 0 Å². The third kappa shape index (κ3) is 4.47. The first-order valence-electron chi connectivity index (χ1n) is 22.3. The molecule has 59 heavy (non-hydrogen) atoms. The van der Waals surface area contributed by atoms with Gasteiger partial charge in [0.25, 0.3) is 0 Å². The molecule has 7 aliphatic carbocycles. The van der Waals surface area contributed by atoms with Crippen molar-refractivity contribution in [2.75, 3.05) is 4.90 Å². The van der Waals surface area contributed by atoms with Crippen LogP contribution < -0.4 is 4.90 Å². The summed E-state index contributed by atoms with van der Waals surface area (Å²) in [5.74, 6) is 3.28. The fourth-order valence-electron chi connectivity index (χ4n) is 14.3. The van der Waals surface area contributed by atoms with E-state index in [4.69, 9.17) is 0 Å². The molecule has 1 nitrogen and oxygen atoms in total. The lowest BCUT2D eigenvalue weighted by molar-refractivity contribution is -0.0399. The molecule has 0 saturated heterocycles. The van der Waals surface area contributed by atoms with Crippen molar-refractivity contribution < 1.29 is 0 Å². The molecule has 0 N–H and O–H groups in total. The van der Waals surface area contributed by atoms with Crippen LogP contribution in [-0.2, 0) is 16.2 Å². The Hall–Kier alpha value is -5.66. The van der Waals surface area contributed by atoms with Crippen LogP contribution in [0.4, 0.5) is 17.1 Å². The molecule has 0 aliphatic heterocycles. The minimum absolute atomic E-state index is 0.0915. The maximum absolute atomic E-state index is 2.60. The zero-order chi connectivity index (χ0) is 39.4. The van der Waals surface area contributed by atoms with Gasteiger partial charge in [-0.2, -0.15) is 0 Å². The molecule has 4 fully saturated rings. The van der Waals surface area contributed by atoms with Gasteiger partial charge >= 0.3 is 0 Å². The second-order valence-corrected chi connectivity index (χ2v) is 20.2. The van der Waals surface area contributed by atoms with Crippen LogP contribution in [0, 0.1) is 23.7 Å². The summed E-state index contributed by atoms with van der Waals surface area (Å²) >= 11 is 0. The maximum atomic E-state index is 2.60. The van der Waals surface area contributed by atoms with E-state index in [1.54, 1.807) is 11.1 Å². The van der Waals surface area contributed by atoms with Crippen molar-refractivity contribution in [1.29, 1.82) is 0 Å². The van der Waals surface area contributed by atoms with Crippen molar-refractivity contribution in [3.8, 4) is 44.5 Å². The average molecular weight is 762 g/mol. The summed E-state index contributed by atoms with van der Waals surface area (Å²) in [5.41, 5.74) is 23.5. The first-order valence-corrected chi connectivity index (χ1v) is 22.3. The molecule has 1 spiro atoms. The lowest BCUT2D eigenvalue weighted by Gasteiger charge is -2.61. The van der Waals surface area contributed by atoms with Crippen molar-refractivity contribution in [3.05, 3.63) is 185 Å². The second kappa shape index (κ2) is 11.8. The molecular weight excluding hydrogens is 711 g/mol. The normalized spacial score (nSPS) is 24.9. The van der Waals surface area contributed by atoms with E-state index in [9.17, 15) is 0 Å². The van der Waals surface area contributed by atoms with E-state index in [1.165, 1.54) is 116 Å². The number of fused-ring (bicyclic) bond motifs is 9. The second-order valence-electron chi connectivity index (χ2n) is 20.2. The van der Waals surface area contributed by atoms with E-state index in [0.29, 0.717) is 0 Å². The molecule has 7 aromatic rings. The Labute approximate surface area is 349 Å². The molecule has 0 heterocycles. The highest BCUT2D eigenvalue weighted by Crippen LogP contribution is 2.70. The summed E-state index contributed by atoms with van der Waals surface area (Å²) in [6.07, 6.45) is 7.03. The third-order valence-corrected chi connectivity index (χ3v) is 16.6. The van der Waals surface area contributed by atoms with E-state index in [-0.39, 0.29) is 16.2 Å². The number of benzene rings is 7. The van der Waals surface area contributed by atoms with Gasteiger partial charge in [-0.05, 0) is 176 Å². The van der Waals surface area contributed by atoms with Crippen molar-refractivity contribution >= 4 is 17.1 Å². The van der Waals surface area contributed by atoms with Crippen LogP contribution in [0.2, 0.25) is 0 Å². The van der Waals surface area contributed by atoms with Gasteiger partial charge in [0.15, 0.2) is 0 Å². The van der Waals surface area contributed by atoms with Gasteiger partial charge in [0.05, 0.1) is 0 Å². The molecule has 7 aliphatic rings. The first-order chi connectivity index (χ1) is 28.7. The van der Waals surface area contributed by atoms with Crippen LogP contribution in [0.15, 0.2) is 152 Å². The van der Waals surface area contributed by atoms with Gasteiger partial charge in [-0.3, -0.25) is 0 Å². The van der Waals surface area contributed by atoms with E-state index in [0.717, 1.165) is 23.7 Å². The Morgan fingerprint density at radius 2 is 0.814 bits per heavy atom. The topological polar surface area (TPSA) is 3.24 Å². The SMILES string of the molecule is CC1(C)c2ccccc2-c2ccc(N(c3ccc4c(c3)-c3cc(-c5ccccc5)ccc3C43C4CC5CC(C4)CC3C5)c3ccc4c(c3)C(C)(C)c3ccccc3-4)cc21. The minimum atomic E-state index is -0.0915. The zero-order valence-corrected chi connectivity index (χ0v) is 34.7. The summed E-state index contributed by atoms with van der Waals surface area (Å²) in [7, 11) is 0. The highest BCUT2D eigenvalue weighted by Gasteiger charge is 2.61. The number of hydrogen-bond donors (Lipinski definition) is 0. The first kappa shape index (κ1) is 34.2. The number of hydrogen-bond acceptors (Lipinski definition) is 1. The molecule has 4 saturated carbocycles. The van der Waals surface area contributed by atoms with E-state index in [1.807, 2.05) is 0 Å². The molecule has 0 unspecified atom stereocenters. The molecule has 4 bridgehead atoms. The predicted octanol–water partition coefficient (Wildman–Crippen LogP) is 15.2. The zero-order valence-electron chi connectivity index (χ0n) is 34.7. The van der Waals surface area contributed by atoms with Crippen molar-refractivity contribution in [2.45, 2.75) is 76.0 Å². The molecule has 0 atom stereocenters. The van der Waals surface area contributed by atoms with Crippen LogP contribution in [0.25, 0.3) is 44.5 Å².